The van der Waals surface area contributed by atoms with Crippen molar-refractivity contribution in [2.45, 2.75) is 122 Å². The number of aliphatic hydroxyl groups is 1. The summed E-state index contributed by atoms with van der Waals surface area (Å²) < 4.78 is 13.9. The number of piperidine rings is 1. The van der Waals surface area contributed by atoms with E-state index in [4.69, 9.17) is 9.47 Å². The fourth-order valence-electron chi connectivity index (χ4n) is 9.06. The number of urea groups is 1. The molecular weight excluding hydrogens is 713 g/mol. The Labute approximate surface area is 338 Å². The maximum atomic E-state index is 13.9. The number of nitrogens with zero attached hydrogens (tertiary/aromatic N) is 1. The summed E-state index contributed by atoms with van der Waals surface area (Å²) in [5.41, 5.74) is 6.63. The number of rotatable bonds is 11. The highest BCUT2D eigenvalue weighted by molar-refractivity contribution is 5.82. The van der Waals surface area contributed by atoms with Crippen LogP contribution in [0.1, 0.15) is 106 Å². The van der Waals surface area contributed by atoms with Gasteiger partial charge in [-0.15, -0.1) is 0 Å². The number of carbonyl (C=O) groups is 2. The van der Waals surface area contributed by atoms with Crippen molar-refractivity contribution in [2.24, 2.45) is 11.8 Å². The van der Waals surface area contributed by atoms with Crippen LogP contribution in [0.5, 0.6) is 0 Å². The van der Waals surface area contributed by atoms with E-state index in [1.54, 1.807) is 0 Å². The normalized spacial score (nSPS) is 25.2. The van der Waals surface area contributed by atoms with E-state index in [-0.39, 0.29) is 48.3 Å². The van der Waals surface area contributed by atoms with Gasteiger partial charge < -0.3 is 30.5 Å². The molecule has 3 fully saturated rings. The fourth-order valence-corrected chi connectivity index (χ4v) is 9.06. The number of amides is 3. The van der Waals surface area contributed by atoms with E-state index in [9.17, 15) is 14.7 Å². The molecule has 302 valence electrons. The number of likely N-dealkylation sites (tertiary alicyclic amines) is 1. The molecule has 2 aliphatic heterocycles. The standard InChI is InChI=1S/C48H60N4O5/c1-32-43(30-52-41-17-11-9-14-36(41)26-27-42(52)45(54)51-48(2,3)4)56-46(57-44(32)37-20-18-34(31-53)19-21-37)38-24-22-35(23-25-38)40-16-10-8-15-39(40)29-50-47(55)49-28-33-12-6-5-7-13-33/h5-8,10,12-13,15-16,18-25,32,36,41-44,46,53H,9,11,14,17,26-31H2,1-4H3,(H,51,54)(H2,49,50,55)/t32-,36-,41-,42-,43+,44+,46+/m1/s1. The van der Waals surface area contributed by atoms with Crippen molar-refractivity contribution in [1.82, 2.24) is 20.9 Å². The van der Waals surface area contributed by atoms with Crippen molar-refractivity contribution in [2.75, 3.05) is 6.54 Å². The van der Waals surface area contributed by atoms with Crippen molar-refractivity contribution in [1.29, 1.82) is 0 Å². The van der Waals surface area contributed by atoms with Gasteiger partial charge in [0.15, 0.2) is 6.29 Å². The maximum absolute atomic E-state index is 13.9. The van der Waals surface area contributed by atoms with E-state index < -0.39 is 6.29 Å². The quantitative estimate of drug-likeness (QED) is 0.122. The molecule has 1 saturated carbocycles. The molecule has 0 aromatic heterocycles. The predicted molar refractivity (Wildman–Crippen MR) is 224 cm³/mol. The molecule has 7 atom stereocenters. The first kappa shape index (κ1) is 40.6. The van der Waals surface area contributed by atoms with Crippen LogP contribution in [0.15, 0.2) is 103 Å². The van der Waals surface area contributed by atoms with Crippen LogP contribution in [-0.4, -0.2) is 52.2 Å². The molecule has 3 aliphatic rings. The van der Waals surface area contributed by atoms with Gasteiger partial charge in [-0.25, -0.2) is 4.79 Å². The summed E-state index contributed by atoms with van der Waals surface area (Å²) in [6, 6.07) is 34.3. The van der Waals surface area contributed by atoms with E-state index in [2.05, 4.69) is 91.0 Å². The summed E-state index contributed by atoms with van der Waals surface area (Å²) in [7, 11) is 0. The van der Waals surface area contributed by atoms with Crippen molar-refractivity contribution in [3.8, 4) is 11.1 Å². The van der Waals surface area contributed by atoms with Gasteiger partial charge in [-0.3, -0.25) is 9.69 Å². The first-order valence-electron chi connectivity index (χ1n) is 20.9. The zero-order valence-corrected chi connectivity index (χ0v) is 34.0. The van der Waals surface area contributed by atoms with Gasteiger partial charge in [-0.1, -0.05) is 123 Å². The maximum Gasteiger partial charge on any atom is 0.315 e. The Bertz CT molecular complexity index is 1930. The van der Waals surface area contributed by atoms with Gasteiger partial charge >= 0.3 is 6.03 Å². The van der Waals surface area contributed by atoms with Crippen molar-refractivity contribution in [3.63, 3.8) is 0 Å². The monoisotopic (exact) mass is 772 g/mol. The van der Waals surface area contributed by atoms with E-state index >= 15 is 0 Å². The van der Waals surface area contributed by atoms with Crippen LogP contribution in [0.3, 0.4) is 0 Å². The van der Waals surface area contributed by atoms with Gasteiger partial charge in [0.2, 0.25) is 5.91 Å². The smallest absolute Gasteiger partial charge is 0.315 e. The third-order valence-electron chi connectivity index (χ3n) is 12.1. The SMILES string of the molecule is C[C@@H]1[C@H](CN2[C@@H](C(=O)NC(C)(C)C)CC[C@H]3CCCC[C@H]32)O[C@H](c2ccc(-c3ccccc3CNC(=O)NCc3ccccc3)cc2)O[C@@H]1c1ccc(CO)cc1. The summed E-state index contributed by atoms with van der Waals surface area (Å²) in [4.78, 5) is 29.1. The molecular formula is C48H60N4O5. The number of nitrogens with one attached hydrogen (secondary N) is 3. The minimum absolute atomic E-state index is 0.0000595. The minimum Gasteiger partial charge on any atom is -0.392 e. The molecule has 4 aromatic rings. The molecule has 0 unspecified atom stereocenters. The Balaban J connectivity index is 1.11. The second-order valence-electron chi connectivity index (χ2n) is 17.3. The van der Waals surface area contributed by atoms with E-state index in [1.807, 2.05) is 60.7 Å². The number of carbonyl (C=O) groups excluding carboxylic acids is 2. The molecule has 0 bridgehead atoms. The van der Waals surface area contributed by atoms with Crippen molar-refractivity contribution < 1.29 is 24.2 Å². The van der Waals surface area contributed by atoms with Gasteiger partial charge in [0.25, 0.3) is 0 Å². The number of benzene rings is 4. The molecule has 57 heavy (non-hydrogen) atoms. The number of hydrogen-bond acceptors (Lipinski definition) is 6. The van der Waals surface area contributed by atoms with Gasteiger partial charge in [0, 0.05) is 42.7 Å². The molecule has 2 heterocycles. The molecule has 9 nitrogen and oxygen atoms in total. The second kappa shape index (κ2) is 18.4. The third kappa shape index (κ3) is 10.1. The van der Waals surface area contributed by atoms with Crippen molar-refractivity contribution in [3.05, 3.63) is 131 Å². The Morgan fingerprint density at radius 3 is 2.18 bits per heavy atom. The Kier molecular flexibility index (Phi) is 13.1. The molecule has 4 N–H and O–H groups in total. The minimum atomic E-state index is -0.623. The van der Waals surface area contributed by atoms with Crippen LogP contribution in [0, 0.1) is 11.8 Å². The number of aliphatic hydroxyl groups excluding tert-OH is 1. The zero-order valence-electron chi connectivity index (χ0n) is 34.0. The summed E-state index contributed by atoms with van der Waals surface area (Å²) in [6.07, 6.45) is 5.63. The van der Waals surface area contributed by atoms with Crippen molar-refractivity contribution >= 4 is 11.9 Å². The Morgan fingerprint density at radius 2 is 1.44 bits per heavy atom. The van der Waals surface area contributed by atoms with Crippen LogP contribution in [0.25, 0.3) is 11.1 Å². The van der Waals surface area contributed by atoms with Gasteiger partial charge in [0.1, 0.15) is 0 Å². The molecule has 7 rings (SSSR count). The first-order valence-corrected chi connectivity index (χ1v) is 20.9. The lowest BCUT2D eigenvalue weighted by atomic mass is 9.75. The lowest BCUT2D eigenvalue weighted by Gasteiger charge is -2.51. The summed E-state index contributed by atoms with van der Waals surface area (Å²) in [6.45, 7) is 9.83. The Hall–Kier alpha value is -4.54. The van der Waals surface area contributed by atoms with Crippen LogP contribution in [-0.2, 0) is 34.0 Å². The molecule has 2 saturated heterocycles. The number of ether oxygens (including phenoxy) is 2. The van der Waals surface area contributed by atoms with Crippen LogP contribution in [0.4, 0.5) is 4.79 Å². The molecule has 9 heteroatoms. The number of hydrogen-bond donors (Lipinski definition) is 4. The highest BCUT2D eigenvalue weighted by atomic mass is 16.7. The molecule has 4 aromatic carbocycles. The topological polar surface area (TPSA) is 112 Å². The highest BCUT2D eigenvalue weighted by Crippen LogP contribution is 2.44. The lowest BCUT2D eigenvalue weighted by molar-refractivity contribution is -0.278. The summed E-state index contributed by atoms with van der Waals surface area (Å²) in [5, 5.41) is 19.0. The first-order chi connectivity index (χ1) is 27.6. The van der Waals surface area contributed by atoms with Crippen LogP contribution < -0.4 is 16.0 Å². The summed E-state index contributed by atoms with van der Waals surface area (Å²) >= 11 is 0. The average Bonchev–Trinajstić information content (AvgIpc) is 3.23. The second-order valence-corrected chi connectivity index (χ2v) is 17.3. The van der Waals surface area contributed by atoms with E-state index in [1.165, 1.54) is 19.3 Å². The number of fused-ring (bicyclic) bond motifs is 1. The largest absolute Gasteiger partial charge is 0.392 e. The zero-order chi connectivity index (χ0) is 39.9. The van der Waals surface area contributed by atoms with Gasteiger partial charge in [0.05, 0.1) is 24.9 Å². The fraction of sp³-hybridized carbons (Fsp3) is 0.458. The van der Waals surface area contributed by atoms with E-state index in [0.29, 0.717) is 31.6 Å². The Morgan fingerprint density at radius 1 is 0.754 bits per heavy atom. The molecule has 0 spiro atoms. The molecule has 3 amide bonds. The van der Waals surface area contributed by atoms with Crippen LogP contribution in [0.2, 0.25) is 0 Å². The highest BCUT2D eigenvalue weighted by Gasteiger charge is 2.46. The third-order valence-corrected chi connectivity index (χ3v) is 12.1. The van der Waals surface area contributed by atoms with Gasteiger partial charge in [-0.05, 0) is 85.8 Å². The summed E-state index contributed by atoms with van der Waals surface area (Å²) in [5.74, 6) is 0.706. The lowest BCUT2D eigenvalue weighted by Crippen LogP contribution is -2.61. The predicted octanol–water partition coefficient (Wildman–Crippen LogP) is 8.57. The molecule has 1 aliphatic carbocycles. The van der Waals surface area contributed by atoms with Crippen LogP contribution >= 0.6 is 0 Å². The van der Waals surface area contributed by atoms with E-state index in [0.717, 1.165) is 58.2 Å². The molecule has 0 radical (unpaired) electrons. The van der Waals surface area contributed by atoms with Gasteiger partial charge in [-0.2, -0.15) is 0 Å². The average molecular weight is 773 g/mol.